The Morgan fingerprint density at radius 2 is 1.85 bits per heavy atom. The van der Waals surface area contributed by atoms with Gasteiger partial charge in [-0.1, -0.05) is 24.0 Å². The van der Waals surface area contributed by atoms with Gasteiger partial charge in [0.2, 0.25) is 0 Å². The van der Waals surface area contributed by atoms with Gasteiger partial charge in [0.25, 0.3) is 5.56 Å². The molecule has 0 unspecified atom stereocenters. The summed E-state index contributed by atoms with van der Waals surface area (Å²) >= 11 is 0. The fourth-order valence-corrected chi connectivity index (χ4v) is 1.87. The maximum atomic E-state index is 11.7. The minimum atomic E-state index is -0.0113. The van der Waals surface area contributed by atoms with Crippen LogP contribution >= 0.6 is 0 Å². The van der Waals surface area contributed by atoms with E-state index in [4.69, 9.17) is 4.74 Å². The van der Waals surface area contributed by atoms with E-state index in [0.29, 0.717) is 0 Å². The molecule has 0 aliphatic heterocycles. The summed E-state index contributed by atoms with van der Waals surface area (Å²) in [7, 11) is 1.62. The molecule has 20 heavy (non-hydrogen) atoms. The molecule has 0 saturated carbocycles. The minimum Gasteiger partial charge on any atom is -0.495 e. The summed E-state index contributed by atoms with van der Waals surface area (Å²) < 4.78 is 6.93. The number of aromatic nitrogens is 1. The minimum absolute atomic E-state index is 0.0113. The third kappa shape index (κ3) is 3.10. The number of hydrogen-bond donors (Lipinski definition) is 0. The van der Waals surface area contributed by atoms with Crippen molar-refractivity contribution in [1.29, 1.82) is 0 Å². The van der Waals surface area contributed by atoms with E-state index in [0.717, 1.165) is 16.9 Å². The first-order chi connectivity index (χ1) is 9.61. The van der Waals surface area contributed by atoms with E-state index in [2.05, 4.69) is 11.8 Å². The van der Waals surface area contributed by atoms with Crippen molar-refractivity contribution < 1.29 is 4.74 Å². The van der Waals surface area contributed by atoms with Crippen LogP contribution in [0.2, 0.25) is 0 Å². The zero-order chi connectivity index (χ0) is 14.5. The molecular formula is C17H17NO2. The van der Waals surface area contributed by atoms with Gasteiger partial charge in [0, 0.05) is 23.9 Å². The van der Waals surface area contributed by atoms with E-state index in [1.807, 2.05) is 38.1 Å². The molecule has 0 spiro atoms. The average molecular weight is 267 g/mol. The lowest BCUT2D eigenvalue weighted by atomic mass is 10.2. The first-order valence-corrected chi connectivity index (χ1v) is 6.49. The summed E-state index contributed by atoms with van der Waals surface area (Å²) in [5, 5.41) is 0. The van der Waals surface area contributed by atoms with Gasteiger partial charge >= 0.3 is 0 Å². The van der Waals surface area contributed by atoms with Gasteiger partial charge in [0.1, 0.15) is 5.75 Å². The van der Waals surface area contributed by atoms with Crippen LogP contribution < -0.4 is 10.3 Å². The molecule has 0 saturated heterocycles. The molecule has 1 heterocycles. The number of nitrogens with zero attached hydrogens (tertiary/aromatic N) is 1. The van der Waals surface area contributed by atoms with Crippen molar-refractivity contribution in [1.82, 2.24) is 4.57 Å². The van der Waals surface area contributed by atoms with Gasteiger partial charge in [0.05, 0.1) is 12.7 Å². The summed E-state index contributed by atoms with van der Waals surface area (Å²) in [5.41, 5.74) is 1.63. The van der Waals surface area contributed by atoms with E-state index < -0.39 is 0 Å². The van der Waals surface area contributed by atoms with Crippen LogP contribution in [-0.2, 0) is 0 Å². The fourth-order valence-electron chi connectivity index (χ4n) is 1.87. The van der Waals surface area contributed by atoms with Crippen molar-refractivity contribution in [2.75, 3.05) is 7.11 Å². The van der Waals surface area contributed by atoms with Crippen molar-refractivity contribution in [3.8, 4) is 17.6 Å². The lowest BCUT2D eigenvalue weighted by molar-refractivity contribution is 0.413. The van der Waals surface area contributed by atoms with Gasteiger partial charge in [-0.2, -0.15) is 0 Å². The van der Waals surface area contributed by atoms with Crippen LogP contribution in [0, 0.1) is 11.8 Å². The summed E-state index contributed by atoms with van der Waals surface area (Å²) in [6.45, 7) is 3.94. The molecule has 2 rings (SSSR count). The van der Waals surface area contributed by atoms with Crippen molar-refractivity contribution in [2.45, 2.75) is 19.9 Å². The molecule has 102 valence electrons. The van der Waals surface area contributed by atoms with E-state index in [1.165, 1.54) is 0 Å². The maximum Gasteiger partial charge on any atom is 0.250 e. The molecule has 1 aromatic carbocycles. The second-order valence-corrected chi connectivity index (χ2v) is 4.71. The van der Waals surface area contributed by atoms with Crippen LogP contribution in [-0.4, -0.2) is 11.7 Å². The zero-order valence-corrected chi connectivity index (χ0v) is 11.9. The first kappa shape index (κ1) is 14.0. The molecule has 2 aromatic rings. The molecule has 0 N–H and O–H groups in total. The molecule has 0 aliphatic rings. The lowest BCUT2D eigenvalue weighted by Crippen LogP contribution is -2.20. The van der Waals surface area contributed by atoms with Gasteiger partial charge in [-0.05, 0) is 32.0 Å². The Bertz CT molecular complexity index is 718. The molecule has 3 nitrogen and oxygen atoms in total. The number of para-hydroxylation sites is 1. The van der Waals surface area contributed by atoms with Crippen molar-refractivity contribution >= 4 is 0 Å². The van der Waals surface area contributed by atoms with Crippen molar-refractivity contribution in [3.63, 3.8) is 0 Å². The van der Waals surface area contributed by atoms with E-state index >= 15 is 0 Å². The quantitative estimate of drug-likeness (QED) is 0.783. The maximum absolute atomic E-state index is 11.7. The summed E-state index contributed by atoms with van der Waals surface area (Å²) in [4.78, 5) is 11.7. The van der Waals surface area contributed by atoms with Crippen LogP contribution in [0.15, 0.2) is 47.4 Å². The van der Waals surface area contributed by atoms with Gasteiger partial charge in [-0.3, -0.25) is 4.79 Å². The number of pyridine rings is 1. The highest BCUT2D eigenvalue weighted by Gasteiger charge is 2.01. The Morgan fingerprint density at radius 3 is 2.55 bits per heavy atom. The lowest BCUT2D eigenvalue weighted by Gasteiger charge is -2.09. The molecule has 0 radical (unpaired) electrons. The summed E-state index contributed by atoms with van der Waals surface area (Å²) in [5.74, 6) is 6.89. The van der Waals surface area contributed by atoms with Crippen LogP contribution in [0.1, 0.15) is 31.0 Å². The molecule has 1 aromatic heterocycles. The topological polar surface area (TPSA) is 31.2 Å². The smallest absolute Gasteiger partial charge is 0.250 e. The number of methoxy groups -OCH3 is 1. The highest BCUT2D eigenvalue weighted by molar-refractivity contribution is 5.49. The second kappa shape index (κ2) is 6.12. The van der Waals surface area contributed by atoms with Crippen LogP contribution in [0.4, 0.5) is 0 Å². The number of benzene rings is 1. The van der Waals surface area contributed by atoms with Crippen molar-refractivity contribution in [2.24, 2.45) is 0 Å². The van der Waals surface area contributed by atoms with Gasteiger partial charge in [-0.25, -0.2) is 0 Å². The molecule has 0 atom stereocenters. The van der Waals surface area contributed by atoms with Crippen LogP contribution in [0.3, 0.4) is 0 Å². The molecule has 3 heteroatoms. The zero-order valence-electron chi connectivity index (χ0n) is 11.9. The standard InChI is InChI=1S/C17H17NO2/c1-13(2)18-12-14(9-11-17(18)19)8-10-15-6-4-5-7-16(15)20-3/h4-7,9,11-13H,1-3H3. The highest BCUT2D eigenvalue weighted by Crippen LogP contribution is 2.15. The SMILES string of the molecule is COc1ccccc1C#Cc1ccc(=O)n(C(C)C)c1. The Labute approximate surface area is 118 Å². The fraction of sp³-hybridized carbons (Fsp3) is 0.235. The number of rotatable bonds is 2. The van der Waals surface area contributed by atoms with Gasteiger partial charge in [-0.15, -0.1) is 0 Å². The third-order valence-electron chi connectivity index (χ3n) is 2.94. The Kier molecular flexibility index (Phi) is 4.27. The predicted octanol–water partition coefficient (Wildman–Crippen LogP) is 2.84. The van der Waals surface area contributed by atoms with Crippen LogP contribution in [0.5, 0.6) is 5.75 Å². The first-order valence-electron chi connectivity index (χ1n) is 6.49. The Hall–Kier alpha value is -2.47. The van der Waals surface area contributed by atoms with E-state index in [1.54, 1.807) is 30.0 Å². The normalized spacial score (nSPS) is 10.0. The van der Waals surface area contributed by atoms with Gasteiger partial charge in [0.15, 0.2) is 0 Å². The Balaban J connectivity index is 2.38. The summed E-state index contributed by atoms with van der Waals surface area (Å²) in [6, 6.07) is 11.0. The molecule has 0 fully saturated rings. The molecule has 0 bridgehead atoms. The van der Waals surface area contributed by atoms with Crippen LogP contribution in [0.25, 0.3) is 0 Å². The average Bonchev–Trinajstić information content (AvgIpc) is 2.46. The van der Waals surface area contributed by atoms with Gasteiger partial charge < -0.3 is 9.30 Å². The second-order valence-electron chi connectivity index (χ2n) is 4.71. The van der Waals surface area contributed by atoms with E-state index in [-0.39, 0.29) is 11.6 Å². The summed E-state index contributed by atoms with van der Waals surface area (Å²) in [6.07, 6.45) is 1.79. The monoisotopic (exact) mass is 267 g/mol. The third-order valence-corrected chi connectivity index (χ3v) is 2.94. The molecule has 0 amide bonds. The predicted molar refractivity (Wildman–Crippen MR) is 80.1 cm³/mol. The van der Waals surface area contributed by atoms with E-state index in [9.17, 15) is 4.79 Å². The molecule has 0 aliphatic carbocycles. The molecular weight excluding hydrogens is 250 g/mol. The highest BCUT2D eigenvalue weighted by atomic mass is 16.5. The Morgan fingerprint density at radius 1 is 1.10 bits per heavy atom. The largest absolute Gasteiger partial charge is 0.495 e. The van der Waals surface area contributed by atoms with Crippen molar-refractivity contribution in [3.05, 3.63) is 64.1 Å². The number of ether oxygens (including phenoxy) is 1. The number of hydrogen-bond acceptors (Lipinski definition) is 2.